The largest absolute Gasteiger partial charge is 0.405 e. The molecule has 0 aromatic carbocycles. The Morgan fingerprint density at radius 1 is 1.25 bits per heavy atom. The molecule has 2 fully saturated rings. The fraction of sp³-hybridized carbons (Fsp3) is 0.857. The van der Waals surface area contributed by atoms with E-state index >= 15 is 0 Å². The van der Waals surface area contributed by atoms with Gasteiger partial charge in [-0.3, -0.25) is 14.7 Å². The molecule has 2 N–H and O–H groups in total. The van der Waals surface area contributed by atoms with E-state index in [0.717, 1.165) is 45.8 Å². The molecule has 0 aromatic rings. The van der Waals surface area contributed by atoms with Crippen molar-refractivity contribution in [3.8, 4) is 0 Å². The zero-order valence-electron chi connectivity index (χ0n) is 13.7. The first-order chi connectivity index (χ1) is 11.4. The minimum atomic E-state index is -4.41. The van der Waals surface area contributed by atoms with E-state index in [0.29, 0.717) is 12.0 Å². The van der Waals surface area contributed by atoms with Crippen LogP contribution in [0, 0.1) is 0 Å². The number of aliphatic imine (C=N–C) groups is 1. The maximum Gasteiger partial charge on any atom is 0.405 e. The Balaban J connectivity index is 1.75. The van der Waals surface area contributed by atoms with Crippen molar-refractivity contribution in [1.82, 2.24) is 20.4 Å². The van der Waals surface area contributed by atoms with Gasteiger partial charge in [0.15, 0.2) is 5.96 Å². The third kappa shape index (κ3) is 5.82. The molecule has 2 rings (SSSR count). The van der Waals surface area contributed by atoms with Crippen LogP contribution >= 0.6 is 0 Å². The number of halogens is 3. The Morgan fingerprint density at radius 2 is 1.96 bits per heavy atom. The van der Waals surface area contributed by atoms with Crippen molar-refractivity contribution in [2.24, 2.45) is 4.99 Å². The molecule has 138 valence electrons. The monoisotopic (exact) mass is 351 g/mol. The maximum atomic E-state index is 12.1. The SMILES string of the molecule is CN=C(NCC(=O)NCC(F)(F)F)N1CCC(N2CCOCC2)C1. The van der Waals surface area contributed by atoms with Crippen LogP contribution in [0.2, 0.25) is 0 Å². The summed E-state index contributed by atoms with van der Waals surface area (Å²) in [6.07, 6.45) is -3.42. The number of carbonyl (C=O) groups excluding carboxylic acids is 1. The number of morpholine rings is 1. The van der Waals surface area contributed by atoms with Crippen LogP contribution in [0.5, 0.6) is 0 Å². The van der Waals surface area contributed by atoms with Crippen molar-refractivity contribution in [3.05, 3.63) is 0 Å². The molecular formula is C14H24F3N5O2. The number of amides is 1. The third-order valence-electron chi connectivity index (χ3n) is 4.13. The van der Waals surface area contributed by atoms with Gasteiger partial charge in [0.05, 0.1) is 19.8 Å². The van der Waals surface area contributed by atoms with Crippen molar-refractivity contribution in [3.63, 3.8) is 0 Å². The average molecular weight is 351 g/mol. The molecular weight excluding hydrogens is 327 g/mol. The number of guanidine groups is 1. The molecule has 1 unspecified atom stereocenters. The Labute approximate surface area is 139 Å². The summed E-state index contributed by atoms with van der Waals surface area (Å²) in [6, 6.07) is 0.409. The predicted octanol–water partition coefficient (Wildman–Crippen LogP) is -0.353. The number of carbonyl (C=O) groups is 1. The molecule has 2 heterocycles. The summed E-state index contributed by atoms with van der Waals surface area (Å²) in [5, 5.41) is 4.66. The van der Waals surface area contributed by atoms with Gasteiger partial charge >= 0.3 is 6.18 Å². The molecule has 0 bridgehead atoms. The lowest BCUT2D eigenvalue weighted by atomic mass is 10.2. The molecule has 2 aliphatic heterocycles. The quantitative estimate of drug-likeness (QED) is 0.535. The van der Waals surface area contributed by atoms with Gasteiger partial charge in [-0.05, 0) is 6.42 Å². The number of nitrogens with zero attached hydrogens (tertiary/aromatic N) is 3. The standard InChI is InChI=1S/C14H24F3N5O2/c1-18-13(19-8-12(23)20-10-14(15,16)17)22-3-2-11(9-22)21-4-6-24-7-5-21/h11H,2-10H2,1H3,(H,18,19)(H,20,23). The number of hydrogen-bond donors (Lipinski definition) is 2. The summed E-state index contributed by atoms with van der Waals surface area (Å²) in [5.41, 5.74) is 0. The first-order valence-corrected chi connectivity index (χ1v) is 8.00. The van der Waals surface area contributed by atoms with E-state index < -0.39 is 18.6 Å². The smallest absolute Gasteiger partial charge is 0.379 e. The molecule has 1 atom stereocenters. The van der Waals surface area contributed by atoms with Crippen LogP contribution in [0.15, 0.2) is 4.99 Å². The second-order valence-electron chi connectivity index (χ2n) is 5.83. The van der Waals surface area contributed by atoms with E-state index in [1.807, 2.05) is 10.2 Å². The molecule has 0 spiro atoms. The van der Waals surface area contributed by atoms with Crippen LogP contribution in [0.25, 0.3) is 0 Å². The molecule has 24 heavy (non-hydrogen) atoms. The van der Waals surface area contributed by atoms with Crippen molar-refractivity contribution in [2.45, 2.75) is 18.6 Å². The van der Waals surface area contributed by atoms with Gasteiger partial charge in [0, 0.05) is 39.3 Å². The van der Waals surface area contributed by atoms with E-state index in [9.17, 15) is 18.0 Å². The van der Waals surface area contributed by atoms with Gasteiger partial charge in [-0.15, -0.1) is 0 Å². The Bertz CT molecular complexity index is 452. The summed E-state index contributed by atoms with van der Waals surface area (Å²) in [6.45, 7) is 3.31. The highest BCUT2D eigenvalue weighted by Gasteiger charge is 2.31. The van der Waals surface area contributed by atoms with Crippen molar-refractivity contribution < 1.29 is 22.7 Å². The molecule has 2 aliphatic rings. The van der Waals surface area contributed by atoms with Gasteiger partial charge in [-0.25, -0.2) is 0 Å². The van der Waals surface area contributed by atoms with E-state index in [-0.39, 0.29) is 6.54 Å². The summed E-state index contributed by atoms with van der Waals surface area (Å²) in [5.74, 6) is -0.176. The predicted molar refractivity (Wildman–Crippen MR) is 82.8 cm³/mol. The van der Waals surface area contributed by atoms with Crippen LogP contribution in [0.1, 0.15) is 6.42 Å². The van der Waals surface area contributed by atoms with Crippen LogP contribution in [-0.4, -0.2) is 93.4 Å². The summed E-state index contributed by atoms with van der Waals surface area (Å²) < 4.78 is 41.5. The molecule has 10 heteroatoms. The fourth-order valence-electron chi connectivity index (χ4n) is 2.93. The highest BCUT2D eigenvalue weighted by atomic mass is 19.4. The lowest BCUT2D eigenvalue weighted by molar-refractivity contribution is -0.137. The normalized spacial score (nSPS) is 23.4. The Kier molecular flexibility index (Phi) is 6.67. The van der Waals surface area contributed by atoms with Gasteiger partial charge in [0.2, 0.25) is 5.91 Å². The minimum absolute atomic E-state index is 0.235. The summed E-state index contributed by atoms with van der Waals surface area (Å²) >= 11 is 0. The minimum Gasteiger partial charge on any atom is -0.379 e. The molecule has 0 aliphatic carbocycles. The zero-order valence-corrected chi connectivity index (χ0v) is 13.7. The summed E-state index contributed by atoms with van der Waals surface area (Å²) in [4.78, 5) is 20.0. The molecule has 7 nitrogen and oxygen atoms in total. The van der Waals surface area contributed by atoms with Gasteiger partial charge in [-0.1, -0.05) is 0 Å². The lowest BCUT2D eigenvalue weighted by Crippen LogP contribution is -2.48. The van der Waals surface area contributed by atoms with Crippen molar-refractivity contribution >= 4 is 11.9 Å². The number of rotatable bonds is 4. The van der Waals surface area contributed by atoms with Gasteiger partial charge in [0.1, 0.15) is 6.54 Å². The van der Waals surface area contributed by atoms with Gasteiger partial charge < -0.3 is 20.3 Å². The van der Waals surface area contributed by atoms with Crippen LogP contribution < -0.4 is 10.6 Å². The third-order valence-corrected chi connectivity index (χ3v) is 4.13. The van der Waals surface area contributed by atoms with E-state index in [2.05, 4.69) is 15.2 Å². The van der Waals surface area contributed by atoms with Crippen LogP contribution in [0.4, 0.5) is 13.2 Å². The van der Waals surface area contributed by atoms with E-state index in [4.69, 9.17) is 4.74 Å². The number of likely N-dealkylation sites (tertiary alicyclic amines) is 1. The number of nitrogens with one attached hydrogen (secondary N) is 2. The number of alkyl halides is 3. The highest BCUT2D eigenvalue weighted by molar-refractivity contribution is 5.86. The topological polar surface area (TPSA) is 69.2 Å². The fourth-order valence-corrected chi connectivity index (χ4v) is 2.93. The molecule has 0 aromatic heterocycles. The first kappa shape index (κ1) is 18.8. The summed E-state index contributed by atoms with van der Waals surface area (Å²) in [7, 11) is 1.60. The van der Waals surface area contributed by atoms with Crippen molar-refractivity contribution in [2.75, 3.05) is 59.5 Å². The molecule has 1 amide bonds. The zero-order chi connectivity index (χ0) is 17.6. The highest BCUT2D eigenvalue weighted by Crippen LogP contribution is 2.17. The van der Waals surface area contributed by atoms with Gasteiger partial charge in [-0.2, -0.15) is 13.2 Å². The average Bonchev–Trinajstić information content (AvgIpc) is 3.03. The number of hydrogen-bond acceptors (Lipinski definition) is 4. The second-order valence-corrected chi connectivity index (χ2v) is 5.83. The van der Waals surface area contributed by atoms with E-state index in [1.54, 1.807) is 7.05 Å². The van der Waals surface area contributed by atoms with E-state index in [1.165, 1.54) is 0 Å². The molecule has 0 radical (unpaired) electrons. The molecule has 0 saturated carbocycles. The van der Waals surface area contributed by atoms with Gasteiger partial charge in [0.25, 0.3) is 0 Å². The Hall–Kier alpha value is -1.55. The second kappa shape index (κ2) is 8.52. The first-order valence-electron chi connectivity index (χ1n) is 8.00. The van der Waals surface area contributed by atoms with Crippen molar-refractivity contribution in [1.29, 1.82) is 0 Å². The lowest BCUT2D eigenvalue weighted by Gasteiger charge is -2.32. The number of ether oxygens (including phenoxy) is 1. The van der Waals surface area contributed by atoms with Crippen LogP contribution in [0.3, 0.4) is 0 Å². The Morgan fingerprint density at radius 3 is 2.58 bits per heavy atom. The maximum absolute atomic E-state index is 12.1. The molecule has 2 saturated heterocycles. The van der Waals surface area contributed by atoms with Crippen LogP contribution in [-0.2, 0) is 9.53 Å².